The van der Waals surface area contributed by atoms with Crippen LogP contribution in [0.3, 0.4) is 0 Å². The predicted octanol–water partition coefficient (Wildman–Crippen LogP) is 7.06. The number of hydrogen-bond acceptors (Lipinski definition) is 7. The summed E-state index contributed by atoms with van der Waals surface area (Å²) in [5, 5.41) is 1.06. The fourth-order valence-electron chi connectivity index (χ4n) is 5.09. The molecule has 3 aromatic carbocycles. The van der Waals surface area contributed by atoms with Crippen LogP contribution in [0.15, 0.2) is 83.9 Å². The second-order valence-corrected chi connectivity index (χ2v) is 13.7. The van der Waals surface area contributed by atoms with Gasteiger partial charge in [0.05, 0.1) is 28.8 Å². The molecule has 0 radical (unpaired) electrons. The first-order valence-electron chi connectivity index (χ1n) is 14.5. The van der Waals surface area contributed by atoms with Crippen LogP contribution in [0.1, 0.15) is 59.9 Å². The number of aryl methyl sites for hydroxylation is 2. The molecule has 0 aliphatic carbocycles. The number of aromatic nitrogens is 2. The summed E-state index contributed by atoms with van der Waals surface area (Å²) < 4.78 is 34.0. The third-order valence-electron chi connectivity index (χ3n) is 7.37. The van der Waals surface area contributed by atoms with Crippen LogP contribution in [0.5, 0.6) is 5.75 Å². The molecule has 44 heavy (non-hydrogen) atoms. The predicted molar refractivity (Wildman–Crippen MR) is 173 cm³/mol. The molecule has 0 spiro atoms. The van der Waals surface area contributed by atoms with Crippen LogP contribution in [0.25, 0.3) is 0 Å². The highest BCUT2D eigenvalue weighted by molar-refractivity contribution is 7.90. The molecule has 1 aliphatic rings. The normalized spacial score (nSPS) is 15.0. The number of sulfonamides is 1. The summed E-state index contributed by atoms with van der Waals surface area (Å²) >= 11 is 12.0. The Labute approximate surface area is 268 Å². The Morgan fingerprint density at radius 2 is 1.64 bits per heavy atom. The molecule has 1 amide bonds. The number of rotatable bonds is 11. The highest BCUT2D eigenvalue weighted by Gasteiger charge is 2.30. The molecule has 2 heterocycles. The van der Waals surface area contributed by atoms with Crippen molar-refractivity contribution in [3.63, 3.8) is 0 Å². The highest BCUT2D eigenvalue weighted by Crippen LogP contribution is 2.35. The quantitative estimate of drug-likeness (QED) is 0.185. The van der Waals surface area contributed by atoms with Crippen molar-refractivity contribution < 1.29 is 17.9 Å². The van der Waals surface area contributed by atoms with Crippen LogP contribution >= 0.6 is 23.2 Å². The third-order valence-corrected chi connectivity index (χ3v) is 9.22. The minimum atomic E-state index is -4.15. The van der Waals surface area contributed by atoms with Gasteiger partial charge in [0.15, 0.2) is 0 Å². The molecule has 1 atom stereocenters. The molecule has 1 aromatic heterocycles. The fourth-order valence-corrected chi connectivity index (χ4v) is 6.31. The molecule has 1 N–H and O–H groups in total. The van der Waals surface area contributed by atoms with E-state index in [1.807, 2.05) is 48.5 Å². The number of ether oxygens (including phenoxy) is 1. The first-order chi connectivity index (χ1) is 21.1. The topological polar surface area (TPSA) is 101 Å². The van der Waals surface area contributed by atoms with E-state index in [1.54, 1.807) is 0 Å². The van der Waals surface area contributed by atoms with E-state index in [2.05, 4.69) is 28.5 Å². The largest absolute Gasteiger partial charge is 0.493 e. The van der Waals surface area contributed by atoms with Gasteiger partial charge in [-0.3, -0.25) is 4.79 Å². The van der Waals surface area contributed by atoms with E-state index in [4.69, 9.17) is 32.9 Å². The van der Waals surface area contributed by atoms with Crippen molar-refractivity contribution in [1.82, 2.24) is 14.7 Å². The maximum atomic E-state index is 13.4. The lowest BCUT2D eigenvalue weighted by Crippen LogP contribution is -2.32. The van der Waals surface area contributed by atoms with Crippen molar-refractivity contribution in [3.8, 4) is 5.75 Å². The van der Waals surface area contributed by atoms with Gasteiger partial charge in [0.2, 0.25) is 5.95 Å². The Balaban J connectivity index is 1.41. The zero-order valence-electron chi connectivity index (χ0n) is 24.5. The van der Waals surface area contributed by atoms with E-state index in [-0.39, 0.29) is 16.5 Å². The van der Waals surface area contributed by atoms with Gasteiger partial charge in [-0.25, -0.2) is 23.1 Å². The van der Waals surface area contributed by atoms with Crippen LogP contribution in [0, 0.1) is 5.92 Å². The molecule has 0 bridgehead atoms. The second-order valence-electron chi connectivity index (χ2n) is 11.2. The van der Waals surface area contributed by atoms with Crippen LogP contribution in [-0.2, 0) is 22.9 Å². The van der Waals surface area contributed by atoms with Crippen LogP contribution in [-0.4, -0.2) is 37.4 Å². The third kappa shape index (κ3) is 7.88. The molecule has 5 rings (SSSR count). The molecule has 1 aliphatic heterocycles. The fraction of sp³-hybridized carbons (Fsp3) is 0.303. The van der Waals surface area contributed by atoms with E-state index in [1.165, 1.54) is 30.5 Å². The maximum Gasteiger partial charge on any atom is 0.268 e. The summed E-state index contributed by atoms with van der Waals surface area (Å²) in [7, 11) is -4.15. The smallest absolute Gasteiger partial charge is 0.268 e. The first-order valence-corrected chi connectivity index (χ1v) is 16.8. The lowest BCUT2D eigenvalue weighted by molar-refractivity contribution is 0.0979. The molecule has 4 aromatic rings. The van der Waals surface area contributed by atoms with Crippen molar-refractivity contribution >= 4 is 45.1 Å². The highest BCUT2D eigenvalue weighted by atomic mass is 35.5. The lowest BCUT2D eigenvalue weighted by Gasteiger charge is -2.26. The summed E-state index contributed by atoms with van der Waals surface area (Å²) in [4.78, 5) is 24.9. The van der Waals surface area contributed by atoms with Gasteiger partial charge >= 0.3 is 0 Å². The van der Waals surface area contributed by atoms with E-state index in [0.29, 0.717) is 47.1 Å². The van der Waals surface area contributed by atoms with Gasteiger partial charge in [-0.15, -0.1) is 0 Å². The number of nitrogens with zero attached hydrogens (tertiary/aromatic N) is 3. The van der Waals surface area contributed by atoms with Crippen molar-refractivity contribution in [3.05, 3.63) is 111 Å². The summed E-state index contributed by atoms with van der Waals surface area (Å²) in [6.07, 6.45) is 4.27. The molecule has 11 heteroatoms. The monoisotopic (exact) mass is 652 g/mol. The minimum absolute atomic E-state index is 0.0588. The number of hydrogen-bond donors (Lipinski definition) is 1. The average Bonchev–Trinajstić information content (AvgIpc) is 3.50. The molecular formula is C33H34Cl2N4O4S. The summed E-state index contributed by atoms with van der Waals surface area (Å²) in [6, 6.07) is 21.2. The van der Waals surface area contributed by atoms with Gasteiger partial charge in [-0.05, 0) is 91.3 Å². The zero-order valence-corrected chi connectivity index (χ0v) is 26.9. The van der Waals surface area contributed by atoms with E-state index >= 15 is 0 Å². The number of halogens is 2. The van der Waals surface area contributed by atoms with E-state index < -0.39 is 15.9 Å². The Hall–Kier alpha value is -3.66. The van der Waals surface area contributed by atoms with Crippen molar-refractivity contribution in [2.24, 2.45) is 5.92 Å². The molecule has 230 valence electrons. The van der Waals surface area contributed by atoms with Gasteiger partial charge in [0, 0.05) is 22.8 Å². The number of anilines is 1. The van der Waals surface area contributed by atoms with Gasteiger partial charge < -0.3 is 9.64 Å². The Morgan fingerprint density at radius 3 is 2.30 bits per heavy atom. The summed E-state index contributed by atoms with van der Waals surface area (Å²) in [5.41, 5.74) is 2.70. The lowest BCUT2D eigenvalue weighted by atomic mass is 10.0. The molecule has 1 fully saturated rings. The Kier molecular flexibility index (Phi) is 10.1. The van der Waals surface area contributed by atoms with Crippen LogP contribution in [0.4, 0.5) is 5.95 Å². The zero-order chi connectivity index (χ0) is 31.3. The minimum Gasteiger partial charge on any atom is -0.493 e. The molecule has 0 unspecified atom stereocenters. The molecule has 8 nitrogen and oxygen atoms in total. The second kappa shape index (κ2) is 14.0. The number of carbonyl (C=O) groups excluding carboxylic acids is 1. The van der Waals surface area contributed by atoms with Crippen molar-refractivity contribution in [2.75, 3.05) is 18.1 Å². The number of nitrogens with one attached hydrogen (secondary N) is 1. The standard InChI is InChI=1S/C33H34Cl2N4O4S/c1-22(2)21-43-27-14-5-23(6-15-27)7-18-30-29(32(40)38-44(41,42)28-16-12-26(35)13-17-28)20-36-33(37-30)39-19-3-4-31(39)24-8-10-25(34)11-9-24/h5-6,8-17,20,22,31H,3-4,7,18-19,21H2,1-2H3,(H,38,40)/t31-/m1/s1. The van der Waals surface area contributed by atoms with Crippen molar-refractivity contribution in [1.29, 1.82) is 0 Å². The SMILES string of the molecule is CC(C)COc1ccc(CCc2nc(N3CCC[C@@H]3c3ccc(Cl)cc3)ncc2C(=O)NS(=O)(=O)c2ccc(Cl)cc2)cc1. The number of carbonyl (C=O) groups is 1. The van der Waals surface area contributed by atoms with Crippen LogP contribution < -0.4 is 14.4 Å². The molecule has 0 saturated carbocycles. The summed E-state index contributed by atoms with van der Waals surface area (Å²) in [5.74, 6) is 0.910. The van der Waals surface area contributed by atoms with Gasteiger partial charge in [-0.1, -0.05) is 61.3 Å². The molecular weight excluding hydrogens is 619 g/mol. The Bertz CT molecular complexity index is 1700. The molecule has 1 saturated heterocycles. The van der Waals surface area contributed by atoms with Gasteiger partial charge in [-0.2, -0.15) is 0 Å². The number of amides is 1. The average molecular weight is 654 g/mol. The summed E-state index contributed by atoms with van der Waals surface area (Å²) in [6.45, 7) is 5.58. The van der Waals surface area contributed by atoms with E-state index in [0.717, 1.165) is 36.3 Å². The van der Waals surface area contributed by atoms with Gasteiger partial charge in [0.1, 0.15) is 5.75 Å². The van der Waals surface area contributed by atoms with Crippen LogP contribution in [0.2, 0.25) is 10.0 Å². The first kappa shape index (κ1) is 31.8. The van der Waals surface area contributed by atoms with Gasteiger partial charge in [0.25, 0.3) is 15.9 Å². The Morgan fingerprint density at radius 1 is 0.977 bits per heavy atom. The maximum absolute atomic E-state index is 13.4. The van der Waals surface area contributed by atoms with Crippen molar-refractivity contribution in [2.45, 2.75) is 50.5 Å². The number of benzene rings is 3. The van der Waals surface area contributed by atoms with E-state index in [9.17, 15) is 13.2 Å².